The van der Waals surface area contributed by atoms with E-state index in [9.17, 15) is 23.7 Å². The third-order valence-corrected chi connectivity index (χ3v) is 16.6. The second-order valence-electron chi connectivity index (χ2n) is 14.6. The summed E-state index contributed by atoms with van der Waals surface area (Å²) in [7, 11) is -13.1. The number of alkyl halides is 1. The highest BCUT2D eigenvalue weighted by molar-refractivity contribution is 7.47. The normalized spacial score (nSPS) is 34.2. The Morgan fingerprint density at radius 3 is 2.31 bits per heavy atom. The van der Waals surface area contributed by atoms with Gasteiger partial charge in [0.2, 0.25) is 5.78 Å². The van der Waals surface area contributed by atoms with Gasteiger partial charge in [-0.2, -0.15) is 0 Å². The van der Waals surface area contributed by atoms with Crippen LogP contribution in [0.5, 0.6) is 0 Å². The molecule has 3 aliphatic rings. The van der Waals surface area contributed by atoms with Crippen molar-refractivity contribution < 1.29 is 55.3 Å². The van der Waals surface area contributed by atoms with Gasteiger partial charge in [0.1, 0.15) is 42.4 Å². The summed E-state index contributed by atoms with van der Waals surface area (Å²) < 4.78 is 89.0. The van der Waals surface area contributed by atoms with Crippen LogP contribution in [0.4, 0.5) is 10.2 Å². The number of aromatic nitrogens is 9. The summed E-state index contributed by atoms with van der Waals surface area (Å²) in [4.78, 5) is 58.4. The highest BCUT2D eigenvalue weighted by Crippen LogP contribution is 2.55. The van der Waals surface area contributed by atoms with Crippen LogP contribution in [0, 0.1) is 0 Å². The molecule has 0 aromatic carbocycles. The molecule has 3 saturated heterocycles. The first-order chi connectivity index (χ1) is 25.3. The summed E-state index contributed by atoms with van der Waals surface area (Å²) in [5, 5.41) is -0.406. The average molecular weight is 815 g/mol. The lowest BCUT2D eigenvalue weighted by Crippen LogP contribution is -2.50. The van der Waals surface area contributed by atoms with Crippen LogP contribution in [-0.4, -0.2) is 111 Å². The first-order valence-corrected chi connectivity index (χ1v) is 22.5. The van der Waals surface area contributed by atoms with E-state index >= 15 is 4.39 Å². The molecule has 292 valence electrons. The second-order valence-corrected chi connectivity index (χ2v) is 22.1. The SMILES string of the molecule is CC(C)(C)[Si](C)(C)OC1[C@H]2OP(=O)(O)OC[C@H]3O[C@@H](n4cnc5c(N)ncnc54)[C@H](F)[C@@H]3OP(=O)(O)OC[C@H]1O[C@H]2n1cnc2c(=O)[nH]c3nccn3c21. The minimum atomic E-state index is -5.17. The van der Waals surface area contributed by atoms with Gasteiger partial charge in [0.25, 0.3) is 5.56 Å². The van der Waals surface area contributed by atoms with Crippen LogP contribution in [0.2, 0.25) is 18.1 Å². The number of aromatic amines is 1. The zero-order valence-corrected chi connectivity index (χ0v) is 32.1. The maximum atomic E-state index is 16.3. The maximum absolute atomic E-state index is 16.3. The highest BCUT2D eigenvalue weighted by atomic mass is 31.2. The highest BCUT2D eigenvalue weighted by Gasteiger charge is 2.57. The number of nitrogens with zero attached hydrogens (tertiary/aromatic N) is 8. The van der Waals surface area contributed by atoms with Crippen LogP contribution in [0.3, 0.4) is 0 Å². The minimum Gasteiger partial charge on any atom is -0.408 e. The molecule has 5 N–H and O–H groups in total. The molecule has 2 bridgehead atoms. The molecule has 0 aliphatic carbocycles. The Labute approximate surface area is 305 Å². The minimum absolute atomic E-state index is 0.0110. The van der Waals surface area contributed by atoms with Gasteiger partial charge in [0.05, 0.1) is 25.9 Å². The monoisotopic (exact) mass is 814 g/mol. The van der Waals surface area contributed by atoms with E-state index in [1.54, 1.807) is 6.20 Å². The Balaban J connectivity index is 1.18. The van der Waals surface area contributed by atoms with Crippen LogP contribution >= 0.6 is 15.6 Å². The lowest BCUT2D eigenvalue weighted by Gasteiger charge is -2.40. The van der Waals surface area contributed by atoms with Crippen LogP contribution in [0.1, 0.15) is 33.2 Å². The number of hydrogen-bond acceptors (Lipinski definition) is 16. The van der Waals surface area contributed by atoms with Gasteiger partial charge in [0, 0.05) is 12.4 Å². The quantitative estimate of drug-likeness (QED) is 0.150. The van der Waals surface area contributed by atoms with E-state index in [1.807, 2.05) is 33.9 Å². The fraction of sp³-hybridized carbons (Fsp3) is 0.571. The fourth-order valence-electron chi connectivity index (χ4n) is 6.44. The topological polar surface area (TPSA) is 277 Å². The second kappa shape index (κ2) is 13.0. The smallest absolute Gasteiger partial charge is 0.408 e. The van der Waals surface area contributed by atoms with Crippen LogP contribution in [0.25, 0.3) is 28.1 Å². The van der Waals surface area contributed by atoms with Gasteiger partial charge in [-0.1, -0.05) is 20.8 Å². The van der Waals surface area contributed by atoms with Crippen molar-refractivity contribution >= 4 is 57.9 Å². The molecule has 0 amide bonds. The molecule has 0 radical (unpaired) electrons. The fourth-order valence-corrected chi connectivity index (χ4v) is 9.65. The van der Waals surface area contributed by atoms with E-state index in [2.05, 4.69) is 29.9 Å². The zero-order valence-electron chi connectivity index (χ0n) is 29.3. The number of fused-ring (bicyclic) bond motifs is 7. The molecular weight excluding hydrogens is 777 g/mol. The third-order valence-electron chi connectivity index (χ3n) is 10.1. The Bertz CT molecular complexity index is 2400. The maximum Gasteiger partial charge on any atom is 0.472 e. The van der Waals surface area contributed by atoms with Crippen LogP contribution in [-0.2, 0) is 41.1 Å². The summed E-state index contributed by atoms with van der Waals surface area (Å²) in [6.45, 7) is 8.16. The molecule has 22 nitrogen and oxygen atoms in total. The van der Waals surface area contributed by atoms with Crippen LogP contribution in [0.15, 0.2) is 36.2 Å². The molecule has 5 aromatic rings. The number of halogens is 1. The molecule has 10 atom stereocenters. The van der Waals surface area contributed by atoms with E-state index < -0.39 is 96.9 Å². The number of rotatable bonds is 4. The number of nitrogens with two attached hydrogens (primary N) is 1. The van der Waals surface area contributed by atoms with E-state index in [0.29, 0.717) is 0 Å². The number of H-pyrrole nitrogens is 1. The molecule has 0 saturated carbocycles. The third kappa shape index (κ3) is 6.42. The summed E-state index contributed by atoms with van der Waals surface area (Å²) in [6, 6.07) is 0. The van der Waals surface area contributed by atoms with Crippen molar-refractivity contribution in [2.75, 3.05) is 18.9 Å². The van der Waals surface area contributed by atoms with Crippen LogP contribution < -0.4 is 11.3 Å². The largest absolute Gasteiger partial charge is 0.472 e. The van der Waals surface area contributed by atoms with Gasteiger partial charge in [0.15, 0.2) is 49.6 Å². The first kappa shape index (κ1) is 37.4. The molecule has 8 rings (SSSR count). The number of phosphoric ester groups is 2. The Morgan fingerprint density at radius 1 is 0.944 bits per heavy atom. The number of phosphoric acid groups is 2. The van der Waals surface area contributed by atoms with Crippen molar-refractivity contribution in [2.24, 2.45) is 0 Å². The van der Waals surface area contributed by atoms with Crippen molar-refractivity contribution in [3.05, 3.63) is 41.7 Å². The number of imidazole rings is 3. The van der Waals surface area contributed by atoms with Gasteiger partial charge in [-0.15, -0.1) is 0 Å². The Morgan fingerprint density at radius 2 is 1.59 bits per heavy atom. The molecule has 3 aliphatic heterocycles. The Kier molecular flexibility index (Phi) is 9.03. The number of anilines is 1. The van der Waals surface area contributed by atoms with Gasteiger partial charge in [-0.3, -0.25) is 41.4 Å². The predicted octanol–water partition coefficient (Wildman–Crippen LogP) is 2.34. The standard InChI is InChI=1S/C28H37FN10O12P2Si/c1-28(2,3)54(4,5)51-19-14-9-46-52(41,42)49-18-13(47-25(15(18)29)38-11-34-16-21(30)32-10-33-22(16)38)8-45-53(43,44)50-20(19)26(48-14)39-12-35-17-23(40)36-27-31-6-7-37(27)24(17)39/h6-7,10-15,18-20,25-26H,8-9H2,1-5H3,(H,41,42)(H,43,44)(H2,30,32,33)(H,31,36,40)/t13-,14-,15-,18-,19?,20-,25-,26-/m1/s1. The summed E-state index contributed by atoms with van der Waals surface area (Å²) in [5.41, 5.74) is 5.70. The number of hydrogen-bond donors (Lipinski definition) is 4. The van der Waals surface area contributed by atoms with E-state index in [1.165, 1.54) is 32.4 Å². The number of nitrogen functional groups attached to an aromatic ring is 1. The van der Waals surface area contributed by atoms with Crippen molar-refractivity contribution in [3.63, 3.8) is 0 Å². The molecule has 26 heteroatoms. The molecule has 3 unspecified atom stereocenters. The van der Waals surface area contributed by atoms with E-state index in [0.717, 1.165) is 6.33 Å². The lowest BCUT2D eigenvalue weighted by molar-refractivity contribution is -0.0670. The molecule has 0 spiro atoms. The molecule has 5 aromatic heterocycles. The van der Waals surface area contributed by atoms with Gasteiger partial charge in [-0.05, 0) is 18.1 Å². The van der Waals surface area contributed by atoms with Gasteiger partial charge >= 0.3 is 15.6 Å². The van der Waals surface area contributed by atoms with E-state index in [-0.39, 0.29) is 33.9 Å². The van der Waals surface area contributed by atoms with Crippen molar-refractivity contribution in [2.45, 2.75) is 88.1 Å². The lowest BCUT2D eigenvalue weighted by atomic mass is 10.1. The van der Waals surface area contributed by atoms with Crippen molar-refractivity contribution in [1.29, 1.82) is 0 Å². The molecule has 3 fully saturated rings. The molecular formula is C28H37FN10O12P2Si. The predicted molar refractivity (Wildman–Crippen MR) is 185 cm³/mol. The summed E-state index contributed by atoms with van der Waals surface area (Å²) in [6.07, 6.45) is -5.98. The van der Waals surface area contributed by atoms with Gasteiger partial charge in [-0.25, -0.2) is 38.4 Å². The van der Waals surface area contributed by atoms with Gasteiger partial charge < -0.3 is 29.4 Å². The van der Waals surface area contributed by atoms with Crippen molar-refractivity contribution in [3.8, 4) is 0 Å². The van der Waals surface area contributed by atoms with E-state index in [4.69, 9.17) is 37.7 Å². The zero-order chi connectivity index (χ0) is 38.5. The molecule has 54 heavy (non-hydrogen) atoms. The average Bonchev–Trinajstić information content (AvgIpc) is 3.91. The summed E-state index contributed by atoms with van der Waals surface area (Å²) >= 11 is 0. The number of nitrogens with one attached hydrogen (secondary N) is 1. The van der Waals surface area contributed by atoms with Crippen molar-refractivity contribution in [1.82, 2.24) is 43.4 Å². The first-order valence-electron chi connectivity index (χ1n) is 16.6. The molecule has 8 heterocycles. The number of ether oxygens (including phenoxy) is 2. The summed E-state index contributed by atoms with van der Waals surface area (Å²) in [5.74, 6) is 0.183. The Hall–Kier alpha value is -3.51.